The van der Waals surface area contributed by atoms with Crippen molar-refractivity contribution in [1.29, 1.82) is 0 Å². The van der Waals surface area contributed by atoms with Gasteiger partial charge in [0.2, 0.25) is 0 Å². The Bertz CT molecular complexity index is 908. The fourth-order valence-electron chi connectivity index (χ4n) is 4.33. The second kappa shape index (κ2) is 8.65. The smallest absolute Gasteiger partial charge is 0.350 e. The summed E-state index contributed by atoms with van der Waals surface area (Å²) in [6, 6.07) is 6.53. The Balaban J connectivity index is 1.81. The molecule has 0 spiro atoms. The van der Waals surface area contributed by atoms with Gasteiger partial charge in [-0.15, -0.1) is 0 Å². The SMILES string of the molecule is Cc1ccc(-n2ncc(C(=O)NCC(C)(C)N3CC(C)CC(C)C3)c2C(F)(F)F)cc1. The van der Waals surface area contributed by atoms with Crippen LogP contribution in [0.5, 0.6) is 0 Å². The van der Waals surface area contributed by atoms with E-state index in [1.54, 1.807) is 24.3 Å². The van der Waals surface area contributed by atoms with Gasteiger partial charge in [-0.05, 0) is 51.2 Å². The average molecular weight is 437 g/mol. The lowest BCUT2D eigenvalue weighted by Gasteiger charge is -2.45. The molecule has 0 radical (unpaired) electrons. The second-order valence-electron chi connectivity index (χ2n) is 9.50. The van der Waals surface area contributed by atoms with Crippen molar-refractivity contribution >= 4 is 5.91 Å². The first-order valence-electron chi connectivity index (χ1n) is 10.6. The van der Waals surface area contributed by atoms with Crippen LogP contribution in [0.25, 0.3) is 5.69 Å². The third-order valence-corrected chi connectivity index (χ3v) is 5.97. The van der Waals surface area contributed by atoms with E-state index in [0.717, 1.165) is 36.0 Å². The predicted octanol–water partition coefficient (Wildman–Crippen LogP) is 4.69. The minimum Gasteiger partial charge on any atom is -0.350 e. The van der Waals surface area contributed by atoms with Gasteiger partial charge in [0.05, 0.1) is 17.4 Å². The van der Waals surface area contributed by atoms with E-state index in [0.29, 0.717) is 11.8 Å². The number of amides is 1. The first-order valence-corrected chi connectivity index (χ1v) is 10.6. The van der Waals surface area contributed by atoms with Crippen LogP contribution in [-0.2, 0) is 6.18 Å². The maximum absolute atomic E-state index is 13.9. The molecule has 170 valence electrons. The molecule has 8 heteroatoms. The number of benzene rings is 1. The van der Waals surface area contributed by atoms with E-state index >= 15 is 0 Å². The van der Waals surface area contributed by atoms with Crippen LogP contribution < -0.4 is 5.32 Å². The van der Waals surface area contributed by atoms with E-state index in [1.165, 1.54) is 0 Å². The van der Waals surface area contributed by atoms with Gasteiger partial charge in [-0.1, -0.05) is 31.5 Å². The van der Waals surface area contributed by atoms with Gasteiger partial charge in [0, 0.05) is 25.2 Å². The van der Waals surface area contributed by atoms with E-state index in [1.807, 2.05) is 20.8 Å². The van der Waals surface area contributed by atoms with Crippen molar-refractivity contribution < 1.29 is 18.0 Å². The number of alkyl halides is 3. The fraction of sp³-hybridized carbons (Fsp3) is 0.565. The Morgan fingerprint density at radius 1 is 1.13 bits per heavy atom. The maximum Gasteiger partial charge on any atom is 0.434 e. The highest BCUT2D eigenvalue weighted by Crippen LogP contribution is 2.34. The van der Waals surface area contributed by atoms with Gasteiger partial charge >= 0.3 is 6.18 Å². The summed E-state index contributed by atoms with van der Waals surface area (Å²) in [5.41, 5.74) is -0.722. The third kappa shape index (κ3) is 5.29. The maximum atomic E-state index is 13.9. The lowest BCUT2D eigenvalue weighted by Crippen LogP contribution is -2.56. The number of halogens is 3. The number of hydrogen-bond donors (Lipinski definition) is 1. The van der Waals surface area contributed by atoms with Crippen molar-refractivity contribution in [3.63, 3.8) is 0 Å². The van der Waals surface area contributed by atoms with Crippen molar-refractivity contribution in [2.75, 3.05) is 19.6 Å². The summed E-state index contributed by atoms with van der Waals surface area (Å²) in [7, 11) is 0. The first kappa shape index (κ1) is 23.3. The molecule has 1 aromatic heterocycles. The Morgan fingerprint density at radius 3 is 2.26 bits per heavy atom. The Hall–Kier alpha value is -2.35. The topological polar surface area (TPSA) is 50.2 Å². The highest BCUT2D eigenvalue weighted by Gasteiger charge is 2.41. The summed E-state index contributed by atoms with van der Waals surface area (Å²) in [5.74, 6) is 0.323. The van der Waals surface area contributed by atoms with Crippen LogP contribution in [0.4, 0.5) is 13.2 Å². The number of hydrogen-bond acceptors (Lipinski definition) is 3. The number of aromatic nitrogens is 2. The van der Waals surface area contributed by atoms with Crippen LogP contribution in [0.1, 0.15) is 55.7 Å². The molecule has 1 saturated heterocycles. The lowest BCUT2D eigenvalue weighted by molar-refractivity contribution is -0.143. The van der Waals surface area contributed by atoms with Crippen molar-refractivity contribution in [2.45, 2.75) is 52.8 Å². The summed E-state index contributed by atoms with van der Waals surface area (Å²) in [6.07, 6.45) is -2.57. The molecular weight excluding hydrogens is 405 g/mol. The zero-order valence-electron chi connectivity index (χ0n) is 18.8. The molecule has 2 aromatic rings. The van der Waals surface area contributed by atoms with Gasteiger partial charge in [0.25, 0.3) is 5.91 Å². The molecule has 2 heterocycles. The predicted molar refractivity (Wildman–Crippen MR) is 114 cm³/mol. The average Bonchev–Trinajstić information content (AvgIpc) is 3.12. The summed E-state index contributed by atoms with van der Waals surface area (Å²) in [4.78, 5) is 15.1. The molecule has 1 fully saturated rings. The molecular formula is C23H31F3N4O. The Labute approximate surface area is 181 Å². The number of rotatable bonds is 5. The molecule has 0 saturated carbocycles. The van der Waals surface area contributed by atoms with Crippen molar-refractivity contribution in [3.8, 4) is 5.69 Å². The minimum absolute atomic E-state index is 0.248. The number of piperidine rings is 1. The fourth-order valence-corrected chi connectivity index (χ4v) is 4.33. The van der Waals surface area contributed by atoms with Gasteiger partial charge in [-0.25, -0.2) is 4.68 Å². The van der Waals surface area contributed by atoms with Gasteiger partial charge in [0.15, 0.2) is 5.69 Å². The van der Waals surface area contributed by atoms with Crippen LogP contribution in [0.3, 0.4) is 0 Å². The lowest BCUT2D eigenvalue weighted by atomic mass is 9.88. The summed E-state index contributed by atoms with van der Waals surface area (Å²) < 4.78 is 42.4. The Morgan fingerprint density at radius 2 is 1.71 bits per heavy atom. The molecule has 31 heavy (non-hydrogen) atoms. The molecule has 3 rings (SSSR count). The highest BCUT2D eigenvalue weighted by atomic mass is 19.4. The molecule has 2 unspecified atom stereocenters. The van der Waals surface area contributed by atoms with E-state index in [9.17, 15) is 18.0 Å². The summed E-state index contributed by atoms with van der Waals surface area (Å²) in [5, 5.41) is 6.60. The monoisotopic (exact) mass is 436 g/mol. The van der Waals surface area contributed by atoms with Gasteiger partial charge in [-0.2, -0.15) is 18.3 Å². The normalized spacial score (nSPS) is 20.6. The molecule has 0 aliphatic carbocycles. The van der Waals surface area contributed by atoms with E-state index in [-0.39, 0.29) is 17.8 Å². The number of nitrogens with one attached hydrogen (secondary N) is 1. The number of aryl methyl sites for hydroxylation is 1. The third-order valence-electron chi connectivity index (χ3n) is 5.97. The van der Waals surface area contributed by atoms with Gasteiger partial charge < -0.3 is 5.32 Å². The zero-order valence-corrected chi connectivity index (χ0v) is 18.8. The van der Waals surface area contributed by atoms with Crippen LogP contribution in [0.15, 0.2) is 30.5 Å². The minimum atomic E-state index is -4.72. The number of carbonyl (C=O) groups excluding carboxylic acids is 1. The van der Waals surface area contributed by atoms with Crippen molar-refractivity contribution in [2.24, 2.45) is 11.8 Å². The number of likely N-dealkylation sites (tertiary alicyclic amines) is 1. The number of nitrogens with zero attached hydrogens (tertiary/aromatic N) is 3. The van der Waals surface area contributed by atoms with Crippen molar-refractivity contribution in [1.82, 2.24) is 20.0 Å². The van der Waals surface area contributed by atoms with E-state index in [2.05, 4.69) is 29.2 Å². The highest BCUT2D eigenvalue weighted by molar-refractivity contribution is 5.95. The molecule has 1 aliphatic rings. The van der Waals surface area contributed by atoms with Gasteiger partial charge in [0.1, 0.15) is 0 Å². The van der Waals surface area contributed by atoms with E-state index < -0.39 is 23.3 Å². The summed E-state index contributed by atoms with van der Waals surface area (Å²) >= 11 is 0. The molecule has 1 N–H and O–H groups in total. The zero-order chi connectivity index (χ0) is 23.0. The molecule has 1 amide bonds. The molecule has 0 bridgehead atoms. The summed E-state index contributed by atoms with van der Waals surface area (Å²) in [6.45, 7) is 12.3. The Kier molecular flexibility index (Phi) is 6.51. The second-order valence-corrected chi connectivity index (χ2v) is 9.50. The van der Waals surface area contributed by atoms with Crippen molar-refractivity contribution in [3.05, 3.63) is 47.3 Å². The van der Waals surface area contributed by atoms with Crippen LogP contribution in [0, 0.1) is 18.8 Å². The van der Waals surface area contributed by atoms with Crippen LogP contribution in [0.2, 0.25) is 0 Å². The van der Waals surface area contributed by atoms with E-state index in [4.69, 9.17) is 0 Å². The van der Waals surface area contributed by atoms with Gasteiger partial charge in [-0.3, -0.25) is 9.69 Å². The molecule has 5 nitrogen and oxygen atoms in total. The number of carbonyl (C=O) groups is 1. The van der Waals surface area contributed by atoms with Crippen LogP contribution in [-0.4, -0.2) is 45.8 Å². The largest absolute Gasteiger partial charge is 0.434 e. The first-order chi connectivity index (χ1) is 14.4. The molecule has 1 aromatic carbocycles. The molecule has 1 aliphatic heterocycles. The quantitative estimate of drug-likeness (QED) is 0.740. The molecule has 2 atom stereocenters. The van der Waals surface area contributed by atoms with Crippen LogP contribution >= 0.6 is 0 Å². The standard InChI is InChI=1S/C23H31F3N4O/c1-15-6-8-18(9-7-15)30-20(23(24,25)26)19(11-28-30)21(31)27-14-22(4,5)29-12-16(2)10-17(3)13-29/h6-9,11,16-17H,10,12-14H2,1-5H3,(H,27,31).